The number of pyridine rings is 1. The fourth-order valence-electron chi connectivity index (χ4n) is 3.77. The number of rotatable bonds is 4. The Bertz CT molecular complexity index is 825. The third kappa shape index (κ3) is 2.56. The van der Waals surface area contributed by atoms with Crippen LogP contribution in [0, 0.1) is 0 Å². The van der Waals surface area contributed by atoms with Crippen LogP contribution in [0.25, 0.3) is 11.0 Å². The van der Waals surface area contributed by atoms with Gasteiger partial charge in [-0.05, 0) is 31.4 Å². The van der Waals surface area contributed by atoms with E-state index in [1.165, 1.54) is 5.69 Å². The quantitative estimate of drug-likeness (QED) is 0.740. The van der Waals surface area contributed by atoms with E-state index in [2.05, 4.69) is 44.3 Å². The fourth-order valence-corrected chi connectivity index (χ4v) is 3.77. The lowest BCUT2D eigenvalue weighted by Crippen LogP contribution is -2.35. The second-order valence-corrected chi connectivity index (χ2v) is 6.58. The molecule has 0 unspecified atom stereocenters. The first-order valence-corrected chi connectivity index (χ1v) is 8.81. The van der Waals surface area contributed by atoms with Gasteiger partial charge < -0.3 is 9.47 Å². The van der Waals surface area contributed by atoms with Crippen LogP contribution in [0.3, 0.4) is 0 Å². The Hall–Kier alpha value is -2.37. The molecular weight excluding hydrogens is 300 g/mol. The molecule has 0 bridgehead atoms. The molecule has 4 heterocycles. The number of aryl methyl sites for hydroxylation is 2. The smallest absolute Gasteiger partial charge is 0.206 e. The molecule has 6 heteroatoms. The Balaban J connectivity index is 1.51. The van der Waals surface area contributed by atoms with Gasteiger partial charge in [-0.2, -0.15) is 5.10 Å². The number of nitrogens with zero attached hydrogens (tertiary/aromatic N) is 6. The van der Waals surface area contributed by atoms with Crippen LogP contribution < -0.4 is 4.90 Å². The molecule has 0 amide bonds. The van der Waals surface area contributed by atoms with Gasteiger partial charge in [-0.3, -0.25) is 9.67 Å². The van der Waals surface area contributed by atoms with Crippen LogP contribution in [0.5, 0.6) is 0 Å². The summed E-state index contributed by atoms with van der Waals surface area (Å²) in [5.74, 6) is 1.66. The minimum absolute atomic E-state index is 0.603. The minimum atomic E-state index is 0.603. The maximum atomic E-state index is 4.80. The van der Waals surface area contributed by atoms with E-state index < -0.39 is 0 Å². The maximum Gasteiger partial charge on any atom is 0.206 e. The summed E-state index contributed by atoms with van der Waals surface area (Å²) in [4.78, 5) is 11.4. The van der Waals surface area contributed by atoms with Crippen LogP contribution >= 0.6 is 0 Å². The maximum absolute atomic E-state index is 4.80. The van der Waals surface area contributed by atoms with Gasteiger partial charge in [0, 0.05) is 50.7 Å². The Kier molecular flexibility index (Phi) is 3.96. The van der Waals surface area contributed by atoms with Crippen molar-refractivity contribution in [2.24, 2.45) is 7.05 Å². The van der Waals surface area contributed by atoms with Gasteiger partial charge in [-0.15, -0.1) is 0 Å². The Morgan fingerprint density at radius 1 is 1.17 bits per heavy atom. The van der Waals surface area contributed by atoms with Crippen molar-refractivity contribution in [1.29, 1.82) is 0 Å². The molecule has 0 saturated carbocycles. The molecular formula is C18H24N6. The highest BCUT2D eigenvalue weighted by Gasteiger charge is 2.25. The monoisotopic (exact) mass is 324 g/mol. The highest BCUT2D eigenvalue weighted by Crippen LogP contribution is 2.31. The Morgan fingerprint density at radius 2 is 2.00 bits per heavy atom. The second kappa shape index (κ2) is 6.26. The molecule has 0 N–H and O–H groups in total. The van der Waals surface area contributed by atoms with Gasteiger partial charge in [0.1, 0.15) is 0 Å². The van der Waals surface area contributed by atoms with E-state index in [0.717, 1.165) is 55.9 Å². The van der Waals surface area contributed by atoms with E-state index in [0.29, 0.717) is 5.92 Å². The van der Waals surface area contributed by atoms with Crippen molar-refractivity contribution in [3.05, 3.63) is 36.4 Å². The van der Waals surface area contributed by atoms with E-state index in [9.17, 15) is 0 Å². The zero-order chi connectivity index (χ0) is 16.5. The normalized spacial score (nSPS) is 16.2. The third-order valence-electron chi connectivity index (χ3n) is 5.04. The topological polar surface area (TPSA) is 51.8 Å². The van der Waals surface area contributed by atoms with Crippen molar-refractivity contribution in [3.63, 3.8) is 0 Å². The standard InChI is InChI=1S/C18H24N6/c1-3-10-24-16(5-9-20-24)14-6-11-23(12-7-14)18-21-15-4-8-19-13-17(15)22(18)2/h4-5,8-9,13-14H,3,6-7,10-12H2,1-2H3. The zero-order valence-electron chi connectivity index (χ0n) is 14.4. The van der Waals surface area contributed by atoms with Crippen LogP contribution in [-0.4, -0.2) is 37.4 Å². The van der Waals surface area contributed by atoms with Crippen LogP contribution in [0.15, 0.2) is 30.7 Å². The van der Waals surface area contributed by atoms with Gasteiger partial charge in [0.05, 0.1) is 17.2 Å². The number of anilines is 1. The largest absolute Gasteiger partial charge is 0.342 e. The molecule has 1 aliphatic rings. The van der Waals surface area contributed by atoms with Crippen molar-refractivity contribution in [3.8, 4) is 0 Å². The summed E-state index contributed by atoms with van der Waals surface area (Å²) >= 11 is 0. The van der Waals surface area contributed by atoms with Crippen LogP contribution in [0.1, 0.15) is 37.8 Å². The summed E-state index contributed by atoms with van der Waals surface area (Å²) in [6, 6.07) is 4.17. The number of piperidine rings is 1. The van der Waals surface area contributed by atoms with Gasteiger partial charge in [0.15, 0.2) is 0 Å². The molecule has 0 aromatic carbocycles. The lowest BCUT2D eigenvalue weighted by molar-refractivity contribution is 0.453. The van der Waals surface area contributed by atoms with Crippen molar-refractivity contribution in [1.82, 2.24) is 24.3 Å². The summed E-state index contributed by atoms with van der Waals surface area (Å²) in [5.41, 5.74) is 3.51. The molecule has 1 aliphatic heterocycles. The zero-order valence-corrected chi connectivity index (χ0v) is 14.4. The van der Waals surface area contributed by atoms with E-state index in [4.69, 9.17) is 4.98 Å². The van der Waals surface area contributed by atoms with Crippen molar-refractivity contribution >= 4 is 17.0 Å². The fraction of sp³-hybridized carbons (Fsp3) is 0.500. The number of fused-ring (bicyclic) bond motifs is 1. The van der Waals surface area contributed by atoms with Gasteiger partial charge in [-0.25, -0.2) is 4.98 Å². The van der Waals surface area contributed by atoms with E-state index in [-0.39, 0.29) is 0 Å². The first kappa shape index (κ1) is 15.2. The average molecular weight is 324 g/mol. The average Bonchev–Trinajstić information content (AvgIpc) is 3.21. The molecule has 3 aromatic rings. The first-order valence-electron chi connectivity index (χ1n) is 8.81. The SMILES string of the molecule is CCCn1nccc1C1CCN(c2nc3ccncc3n2C)CC1. The van der Waals surface area contributed by atoms with E-state index >= 15 is 0 Å². The van der Waals surface area contributed by atoms with Crippen molar-refractivity contribution in [2.45, 2.75) is 38.6 Å². The number of hydrogen-bond acceptors (Lipinski definition) is 4. The molecule has 6 nitrogen and oxygen atoms in total. The molecule has 1 fully saturated rings. The lowest BCUT2D eigenvalue weighted by atomic mass is 9.93. The van der Waals surface area contributed by atoms with Crippen LogP contribution in [0.4, 0.5) is 5.95 Å². The molecule has 1 saturated heterocycles. The molecule has 0 spiro atoms. The van der Waals surface area contributed by atoms with Gasteiger partial charge in [-0.1, -0.05) is 6.92 Å². The summed E-state index contributed by atoms with van der Waals surface area (Å²) in [6.07, 6.45) is 9.06. The lowest BCUT2D eigenvalue weighted by Gasteiger charge is -2.32. The third-order valence-corrected chi connectivity index (χ3v) is 5.04. The van der Waals surface area contributed by atoms with Crippen molar-refractivity contribution in [2.75, 3.05) is 18.0 Å². The molecule has 3 aromatic heterocycles. The van der Waals surface area contributed by atoms with Crippen LogP contribution in [-0.2, 0) is 13.6 Å². The number of aromatic nitrogens is 5. The highest BCUT2D eigenvalue weighted by molar-refractivity contribution is 5.77. The first-order chi connectivity index (χ1) is 11.8. The molecule has 0 aliphatic carbocycles. The van der Waals surface area contributed by atoms with Crippen LogP contribution in [0.2, 0.25) is 0 Å². The Labute approximate surface area is 142 Å². The minimum Gasteiger partial charge on any atom is -0.342 e. The molecule has 4 rings (SSSR count). The Morgan fingerprint density at radius 3 is 2.75 bits per heavy atom. The number of imidazole rings is 1. The predicted octanol–water partition coefficient (Wildman–Crippen LogP) is 2.96. The van der Waals surface area contributed by atoms with Gasteiger partial charge in [0.2, 0.25) is 5.95 Å². The van der Waals surface area contributed by atoms with E-state index in [1.807, 2.05) is 18.5 Å². The predicted molar refractivity (Wildman–Crippen MR) is 95.2 cm³/mol. The molecule has 0 radical (unpaired) electrons. The van der Waals surface area contributed by atoms with E-state index in [1.54, 1.807) is 6.20 Å². The molecule has 0 atom stereocenters. The second-order valence-electron chi connectivity index (χ2n) is 6.58. The highest BCUT2D eigenvalue weighted by atomic mass is 15.3. The molecule has 24 heavy (non-hydrogen) atoms. The summed E-state index contributed by atoms with van der Waals surface area (Å²) in [6.45, 7) is 5.29. The van der Waals surface area contributed by atoms with Gasteiger partial charge in [0.25, 0.3) is 0 Å². The van der Waals surface area contributed by atoms with Gasteiger partial charge >= 0.3 is 0 Å². The number of hydrogen-bond donors (Lipinski definition) is 0. The summed E-state index contributed by atoms with van der Waals surface area (Å²) in [5, 5.41) is 4.48. The van der Waals surface area contributed by atoms with Crippen molar-refractivity contribution < 1.29 is 0 Å². The summed E-state index contributed by atoms with van der Waals surface area (Å²) < 4.78 is 4.34. The molecule has 126 valence electrons. The summed E-state index contributed by atoms with van der Waals surface area (Å²) in [7, 11) is 2.08.